The Balaban J connectivity index is 2.12. The van der Waals surface area contributed by atoms with Crippen LogP contribution in [0.2, 0.25) is 0 Å². The fraction of sp³-hybridized carbons (Fsp3) is 0.909. The molecule has 0 unspecified atom stereocenters. The minimum absolute atomic E-state index is 0.513. The van der Waals surface area contributed by atoms with Crippen LogP contribution in [0.15, 0.2) is 0 Å². The molecular formula is C11H22N2O2. The molecule has 0 atom stereocenters. The third-order valence-corrected chi connectivity index (χ3v) is 2.92. The van der Waals surface area contributed by atoms with Crippen molar-refractivity contribution in [3.05, 3.63) is 0 Å². The third-order valence-electron chi connectivity index (χ3n) is 2.92. The molecule has 15 heavy (non-hydrogen) atoms. The summed E-state index contributed by atoms with van der Waals surface area (Å²) in [6.07, 6.45) is 2.31. The Hall–Kier alpha value is -0.770. The van der Waals surface area contributed by atoms with E-state index in [1.807, 2.05) is 0 Å². The number of amides is 1. The second kappa shape index (κ2) is 5.95. The van der Waals surface area contributed by atoms with E-state index >= 15 is 0 Å². The van der Waals surface area contributed by atoms with Crippen molar-refractivity contribution in [2.24, 2.45) is 5.92 Å². The Morgan fingerprint density at radius 2 is 2.07 bits per heavy atom. The van der Waals surface area contributed by atoms with E-state index in [0.717, 1.165) is 25.3 Å². The molecule has 1 heterocycles. The summed E-state index contributed by atoms with van der Waals surface area (Å²) in [5.74, 6) is 0.733. The Kier molecular flexibility index (Phi) is 4.88. The predicted octanol–water partition coefficient (Wildman–Crippen LogP) is 1.76. The molecular weight excluding hydrogens is 192 g/mol. The molecule has 0 aromatic rings. The average Bonchev–Trinajstić information content (AvgIpc) is 2.18. The van der Waals surface area contributed by atoms with Crippen LogP contribution in [0.1, 0.15) is 33.1 Å². The number of nitrogens with zero attached hydrogens (tertiary/aromatic N) is 1. The van der Waals surface area contributed by atoms with Gasteiger partial charge in [-0.1, -0.05) is 13.8 Å². The third kappa shape index (κ3) is 4.51. The lowest BCUT2D eigenvalue weighted by Crippen LogP contribution is -2.44. The lowest BCUT2D eigenvalue weighted by atomic mass is 10.0. The molecule has 0 aliphatic carbocycles. The molecule has 88 valence electrons. The molecule has 1 aliphatic rings. The number of carbonyl (C=O) groups is 1. The van der Waals surface area contributed by atoms with E-state index in [0.29, 0.717) is 19.1 Å². The maximum atomic E-state index is 10.7. The van der Waals surface area contributed by atoms with Gasteiger partial charge >= 0.3 is 6.09 Å². The van der Waals surface area contributed by atoms with Gasteiger partial charge in [0.25, 0.3) is 0 Å². The van der Waals surface area contributed by atoms with E-state index in [4.69, 9.17) is 5.11 Å². The van der Waals surface area contributed by atoms with E-state index in [1.165, 1.54) is 11.3 Å². The summed E-state index contributed by atoms with van der Waals surface area (Å²) in [7, 11) is 0. The Morgan fingerprint density at radius 3 is 2.53 bits per heavy atom. The highest BCUT2D eigenvalue weighted by molar-refractivity contribution is 5.65. The van der Waals surface area contributed by atoms with Crippen molar-refractivity contribution in [1.82, 2.24) is 10.2 Å². The van der Waals surface area contributed by atoms with Crippen molar-refractivity contribution in [3.8, 4) is 0 Å². The molecule has 0 spiro atoms. The quantitative estimate of drug-likeness (QED) is 0.750. The first-order valence-corrected chi connectivity index (χ1v) is 5.81. The number of rotatable bonds is 4. The number of nitrogens with one attached hydrogen (secondary N) is 1. The summed E-state index contributed by atoms with van der Waals surface area (Å²) in [6.45, 7) is 6.84. The van der Waals surface area contributed by atoms with E-state index in [9.17, 15) is 4.79 Å². The topological polar surface area (TPSA) is 52.6 Å². The minimum atomic E-state index is -0.782. The van der Waals surface area contributed by atoms with E-state index in [-0.39, 0.29) is 0 Å². The summed E-state index contributed by atoms with van der Waals surface area (Å²) in [4.78, 5) is 12.2. The SMILES string of the molecule is CC(C)CCNC1CCN(C(=O)O)CC1. The fourth-order valence-electron chi connectivity index (χ4n) is 1.85. The van der Waals surface area contributed by atoms with Gasteiger partial charge in [-0.05, 0) is 31.7 Å². The van der Waals surface area contributed by atoms with Crippen LogP contribution >= 0.6 is 0 Å². The fourth-order valence-corrected chi connectivity index (χ4v) is 1.85. The van der Waals surface area contributed by atoms with Gasteiger partial charge in [-0.3, -0.25) is 0 Å². The maximum Gasteiger partial charge on any atom is 0.407 e. The summed E-state index contributed by atoms with van der Waals surface area (Å²) < 4.78 is 0. The monoisotopic (exact) mass is 214 g/mol. The number of carboxylic acid groups (broad SMARTS) is 1. The number of piperidine rings is 1. The molecule has 0 bridgehead atoms. The number of hydrogen-bond acceptors (Lipinski definition) is 2. The van der Waals surface area contributed by atoms with Crippen molar-refractivity contribution in [2.75, 3.05) is 19.6 Å². The van der Waals surface area contributed by atoms with Gasteiger partial charge in [-0.2, -0.15) is 0 Å². The Morgan fingerprint density at radius 1 is 1.47 bits per heavy atom. The summed E-state index contributed by atoms with van der Waals surface area (Å²) >= 11 is 0. The van der Waals surface area contributed by atoms with Gasteiger partial charge in [0, 0.05) is 19.1 Å². The molecule has 4 heteroatoms. The lowest BCUT2D eigenvalue weighted by molar-refractivity contribution is 0.129. The summed E-state index contributed by atoms with van der Waals surface area (Å²) in [6, 6.07) is 0.513. The first-order chi connectivity index (χ1) is 7.09. The highest BCUT2D eigenvalue weighted by Gasteiger charge is 2.21. The zero-order valence-corrected chi connectivity index (χ0v) is 9.70. The van der Waals surface area contributed by atoms with Crippen LogP contribution in [-0.2, 0) is 0 Å². The molecule has 1 aliphatic heterocycles. The van der Waals surface area contributed by atoms with Gasteiger partial charge < -0.3 is 15.3 Å². The van der Waals surface area contributed by atoms with Gasteiger partial charge in [0.15, 0.2) is 0 Å². The zero-order chi connectivity index (χ0) is 11.3. The average molecular weight is 214 g/mol. The van der Waals surface area contributed by atoms with Crippen LogP contribution in [0.4, 0.5) is 4.79 Å². The molecule has 4 nitrogen and oxygen atoms in total. The normalized spacial score (nSPS) is 18.5. The van der Waals surface area contributed by atoms with Gasteiger partial charge in [-0.25, -0.2) is 4.79 Å². The Bertz CT molecular complexity index is 199. The van der Waals surface area contributed by atoms with Crippen LogP contribution in [0.3, 0.4) is 0 Å². The summed E-state index contributed by atoms with van der Waals surface area (Å²) in [5, 5.41) is 12.3. The van der Waals surface area contributed by atoms with E-state index < -0.39 is 6.09 Å². The molecule has 1 amide bonds. The highest BCUT2D eigenvalue weighted by Crippen LogP contribution is 2.10. The van der Waals surface area contributed by atoms with Crippen LogP contribution < -0.4 is 5.32 Å². The number of hydrogen-bond donors (Lipinski definition) is 2. The smallest absolute Gasteiger partial charge is 0.407 e. The van der Waals surface area contributed by atoms with Crippen LogP contribution in [0, 0.1) is 5.92 Å². The second-order valence-corrected chi connectivity index (χ2v) is 4.68. The van der Waals surface area contributed by atoms with Gasteiger partial charge in [-0.15, -0.1) is 0 Å². The molecule has 0 aromatic carbocycles. The van der Waals surface area contributed by atoms with Crippen LogP contribution in [0.5, 0.6) is 0 Å². The molecule has 2 N–H and O–H groups in total. The molecule has 0 aromatic heterocycles. The second-order valence-electron chi connectivity index (χ2n) is 4.68. The highest BCUT2D eigenvalue weighted by atomic mass is 16.4. The predicted molar refractivity (Wildman–Crippen MR) is 60.1 cm³/mol. The zero-order valence-electron chi connectivity index (χ0n) is 9.70. The van der Waals surface area contributed by atoms with Crippen molar-refractivity contribution in [3.63, 3.8) is 0 Å². The first-order valence-electron chi connectivity index (χ1n) is 5.81. The first kappa shape index (κ1) is 12.3. The minimum Gasteiger partial charge on any atom is -0.465 e. The molecule has 0 radical (unpaired) electrons. The van der Waals surface area contributed by atoms with E-state index in [1.54, 1.807) is 0 Å². The van der Waals surface area contributed by atoms with Crippen LogP contribution in [-0.4, -0.2) is 41.8 Å². The Labute approximate surface area is 91.6 Å². The van der Waals surface area contributed by atoms with Crippen molar-refractivity contribution < 1.29 is 9.90 Å². The largest absolute Gasteiger partial charge is 0.465 e. The van der Waals surface area contributed by atoms with Gasteiger partial charge in [0.1, 0.15) is 0 Å². The molecule has 1 rings (SSSR count). The van der Waals surface area contributed by atoms with E-state index in [2.05, 4.69) is 19.2 Å². The van der Waals surface area contributed by atoms with Gasteiger partial charge in [0.05, 0.1) is 0 Å². The summed E-state index contributed by atoms with van der Waals surface area (Å²) in [5.41, 5.74) is 0. The van der Waals surface area contributed by atoms with Crippen molar-refractivity contribution in [1.29, 1.82) is 0 Å². The molecule has 1 fully saturated rings. The maximum absolute atomic E-state index is 10.7. The molecule has 0 saturated carbocycles. The van der Waals surface area contributed by atoms with Gasteiger partial charge in [0.2, 0.25) is 0 Å². The van der Waals surface area contributed by atoms with Crippen molar-refractivity contribution >= 4 is 6.09 Å². The lowest BCUT2D eigenvalue weighted by Gasteiger charge is -2.30. The van der Waals surface area contributed by atoms with Crippen molar-refractivity contribution in [2.45, 2.75) is 39.2 Å². The number of likely N-dealkylation sites (tertiary alicyclic amines) is 1. The van der Waals surface area contributed by atoms with Crippen LogP contribution in [0.25, 0.3) is 0 Å². The molecule has 1 saturated heterocycles. The standard InChI is InChI=1S/C11H22N2O2/c1-9(2)3-6-12-10-4-7-13(8-5-10)11(14)15/h9-10,12H,3-8H2,1-2H3,(H,14,15).